The first kappa shape index (κ1) is 21.3. The summed E-state index contributed by atoms with van der Waals surface area (Å²) in [6.07, 6.45) is 1.96. The van der Waals surface area contributed by atoms with E-state index in [1.165, 1.54) is 5.56 Å². The summed E-state index contributed by atoms with van der Waals surface area (Å²) in [6.45, 7) is 2.15. The SMILES string of the molecule is Cc1ccccc1N(CC(=O)NCCCSCc1ccccc1)S(C)(=O)=O. The van der Waals surface area contributed by atoms with Crippen molar-refractivity contribution in [1.29, 1.82) is 0 Å². The predicted octanol–water partition coefficient (Wildman–Crippen LogP) is 3.20. The Morgan fingerprint density at radius 2 is 1.74 bits per heavy atom. The molecule has 0 saturated carbocycles. The molecule has 0 aliphatic heterocycles. The summed E-state index contributed by atoms with van der Waals surface area (Å²) < 4.78 is 25.4. The van der Waals surface area contributed by atoms with Crippen LogP contribution < -0.4 is 9.62 Å². The molecule has 7 heteroatoms. The maximum Gasteiger partial charge on any atom is 0.240 e. The lowest BCUT2D eigenvalue weighted by Crippen LogP contribution is -2.41. The van der Waals surface area contributed by atoms with Gasteiger partial charge in [0.25, 0.3) is 0 Å². The average Bonchev–Trinajstić information content (AvgIpc) is 2.63. The van der Waals surface area contributed by atoms with E-state index in [0.717, 1.165) is 34.1 Å². The maximum atomic E-state index is 12.2. The zero-order valence-electron chi connectivity index (χ0n) is 15.7. The number of para-hydroxylation sites is 1. The minimum Gasteiger partial charge on any atom is -0.354 e. The fraction of sp³-hybridized carbons (Fsp3) is 0.350. The molecule has 0 radical (unpaired) electrons. The van der Waals surface area contributed by atoms with Crippen molar-refractivity contribution in [2.75, 3.05) is 29.4 Å². The van der Waals surface area contributed by atoms with E-state index >= 15 is 0 Å². The topological polar surface area (TPSA) is 66.5 Å². The Bertz CT molecular complexity index is 839. The second-order valence-electron chi connectivity index (χ2n) is 6.30. The molecule has 2 rings (SSSR count). The molecule has 2 aromatic rings. The molecule has 5 nitrogen and oxygen atoms in total. The number of nitrogens with zero attached hydrogens (tertiary/aromatic N) is 1. The third-order valence-corrected chi connectivity index (χ3v) is 6.21. The van der Waals surface area contributed by atoms with Crippen molar-refractivity contribution in [2.24, 2.45) is 0 Å². The molecular formula is C20H26N2O3S2. The highest BCUT2D eigenvalue weighted by Gasteiger charge is 2.21. The number of amides is 1. The van der Waals surface area contributed by atoms with Crippen molar-refractivity contribution >= 4 is 33.4 Å². The fourth-order valence-electron chi connectivity index (χ4n) is 2.58. The van der Waals surface area contributed by atoms with Crippen LogP contribution >= 0.6 is 11.8 Å². The third kappa shape index (κ3) is 7.27. The van der Waals surface area contributed by atoms with Gasteiger partial charge in [-0.1, -0.05) is 48.5 Å². The molecule has 0 spiro atoms. The number of carbonyl (C=O) groups is 1. The Kier molecular flexibility index (Phi) is 8.19. The van der Waals surface area contributed by atoms with E-state index in [4.69, 9.17) is 0 Å². The monoisotopic (exact) mass is 406 g/mol. The van der Waals surface area contributed by atoms with Crippen LogP contribution in [0.5, 0.6) is 0 Å². The van der Waals surface area contributed by atoms with E-state index in [1.807, 2.05) is 49.0 Å². The van der Waals surface area contributed by atoms with Gasteiger partial charge in [-0.3, -0.25) is 9.10 Å². The molecule has 0 atom stereocenters. The molecule has 146 valence electrons. The number of benzene rings is 2. The van der Waals surface area contributed by atoms with Crippen LogP contribution in [0, 0.1) is 6.92 Å². The smallest absolute Gasteiger partial charge is 0.240 e. The Hall–Kier alpha value is -1.99. The Morgan fingerprint density at radius 3 is 2.41 bits per heavy atom. The summed E-state index contributed by atoms with van der Waals surface area (Å²) in [6, 6.07) is 17.4. The molecule has 0 aliphatic carbocycles. The van der Waals surface area contributed by atoms with E-state index in [9.17, 15) is 13.2 Å². The molecule has 1 N–H and O–H groups in total. The van der Waals surface area contributed by atoms with Gasteiger partial charge < -0.3 is 5.32 Å². The van der Waals surface area contributed by atoms with Gasteiger partial charge in [-0.15, -0.1) is 0 Å². The molecular weight excluding hydrogens is 380 g/mol. The number of aryl methyl sites for hydroxylation is 1. The lowest BCUT2D eigenvalue weighted by Gasteiger charge is -2.23. The number of carbonyl (C=O) groups excluding carboxylic acids is 1. The molecule has 2 aromatic carbocycles. The number of thioether (sulfide) groups is 1. The normalized spacial score (nSPS) is 11.2. The van der Waals surface area contributed by atoms with E-state index in [1.54, 1.807) is 12.1 Å². The summed E-state index contributed by atoms with van der Waals surface area (Å²) >= 11 is 1.82. The van der Waals surface area contributed by atoms with Crippen molar-refractivity contribution < 1.29 is 13.2 Å². The quantitative estimate of drug-likeness (QED) is 0.616. The molecule has 0 aliphatic rings. The maximum absolute atomic E-state index is 12.2. The largest absolute Gasteiger partial charge is 0.354 e. The summed E-state index contributed by atoms with van der Waals surface area (Å²) in [4.78, 5) is 12.2. The first-order valence-electron chi connectivity index (χ1n) is 8.79. The van der Waals surface area contributed by atoms with Crippen LogP contribution in [0.25, 0.3) is 0 Å². The van der Waals surface area contributed by atoms with Crippen molar-refractivity contribution in [3.05, 3.63) is 65.7 Å². The first-order chi connectivity index (χ1) is 12.9. The van der Waals surface area contributed by atoms with Gasteiger partial charge in [0.1, 0.15) is 6.54 Å². The highest BCUT2D eigenvalue weighted by molar-refractivity contribution is 7.98. The van der Waals surface area contributed by atoms with Gasteiger partial charge >= 0.3 is 0 Å². The van der Waals surface area contributed by atoms with E-state index < -0.39 is 10.0 Å². The predicted molar refractivity (Wildman–Crippen MR) is 114 cm³/mol. The van der Waals surface area contributed by atoms with Gasteiger partial charge in [-0.05, 0) is 36.3 Å². The van der Waals surface area contributed by atoms with Crippen molar-refractivity contribution in [1.82, 2.24) is 5.32 Å². The van der Waals surface area contributed by atoms with Crippen LogP contribution in [0.4, 0.5) is 5.69 Å². The number of hydrogen-bond donors (Lipinski definition) is 1. The minimum atomic E-state index is -3.54. The number of anilines is 1. The van der Waals surface area contributed by atoms with Crippen LogP contribution in [-0.2, 0) is 20.6 Å². The van der Waals surface area contributed by atoms with Gasteiger partial charge in [0.2, 0.25) is 15.9 Å². The molecule has 0 aromatic heterocycles. The number of hydrogen-bond acceptors (Lipinski definition) is 4. The summed E-state index contributed by atoms with van der Waals surface area (Å²) in [5, 5.41) is 2.81. The number of nitrogens with one attached hydrogen (secondary N) is 1. The molecule has 0 bridgehead atoms. The van der Waals surface area contributed by atoms with Gasteiger partial charge in [0.15, 0.2) is 0 Å². The molecule has 0 saturated heterocycles. The van der Waals surface area contributed by atoms with Gasteiger partial charge in [-0.2, -0.15) is 11.8 Å². The molecule has 1 amide bonds. The molecule has 0 unspecified atom stereocenters. The van der Waals surface area contributed by atoms with Crippen LogP contribution in [0.3, 0.4) is 0 Å². The summed E-state index contributed by atoms with van der Waals surface area (Å²) in [7, 11) is -3.54. The van der Waals surface area contributed by atoms with Crippen molar-refractivity contribution in [3.8, 4) is 0 Å². The highest BCUT2D eigenvalue weighted by Crippen LogP contribution is 2.21. The summed E-state index contributed by atoms with van der Waals surface area (Å²) in [5.41, 5.74) is 2.63. The van der Waals surface area contributed by atoms with Crippen LogP contribution in [0.1, 0.15) is 17.5 Å². The zero-order valence-corrected chi connectivity index (χ0v) is 17.4. The standard InChI is InChI=1S/C20H26N2O3S2/c1-17-9-6-7-12-19(17)22(27(2,24)25)15-20(23)21-13-8-14-26-16-18-10-4-3-5-11-18/h3-7,9-12H,8,13-16H2,1-2H3,(H,21,23). The van der Waals surface area contributed by atoms with Gasteiger partial charge in [0.05, 0.1) is 11.9 Å². The Balaban J connectivity index is 1.77. The Labute approximate surface area is 166 Å². The minimum absolute atomic E-state index is 0.207. The van der Waals surface area contributed by atoms with E-state index in [0.29, 0.717) is 12.2 Å². The first-order valence-corrected chi connectivity index (χ1v) is 11.8. The lowest BCUT2D eigenvalue weighted by atomic mass is 10.2. The Morgan fingerprint density at radius 1 is 1.07 bits per heavy atom. The number of sulfonamides is 1. The highest BCUT2D eigenvalue weighted by atomic mass is 32.2. The average molecular weight is 407 g/mol. The van der Waals surface area contributed by atoms with Gasteiger partial charge in [0, 0.05) is 12.3 Å². The summed E-state index contributed by atoms with van der Waals surface area (Å²) in [5.74, 6) is 1.59. The second-order valence-corrected chi connectivity index (χ2v) is 9.31. The van der Waals surface area contributed by atoms with Crippen molar-refractivity contribution in [2.45, 2.75) is 19.1 Å². The van der Waals surface area contributed by atoms with Crippen LogP contribution in [0.15, 0.2) is 54.6 Å². The third-order valence-electron chi connectivity index (χ3n) is 3.97. The second kappa shape index (κ2) is 10.4. The lowest BCUT2D eigenvalue weighted by molar-refractivity contribution is -0.119. The van der Waals surface area contributed by atoms with Gasteiger partial charge in [-0.25, -0.2) is 8.42 Å². The molecule has 0 heterocycles. The van der Waals surface area contributed by atoms with E-state index in [2.05, 4.69) is 17.4 Å². The van der Waals surface area contributed by atoms with E-state index in [-0.39, 0.29) is 12.5 Å². The van der Waals surface area contributed by atoms with Crippen LogP contribution in [0.2, 0.25) is 0 Å². The zero-order chi connectivity index (χ0) is 19.7. The fourth-order valence-corrected chi connectivity index (χ4v) is 4.41. The number of rotatable bonds is 10. The van der Waals surface area contributed by atoms with Crippen molar-refractivity contribution in [3.63, 3.8) is 0 Å². The molecule has 0 fully saturated rings. The molecule has 27 heavy (non-hydrogen) atoms. The van der Waals surface area contributed by atoms with Crippen LogP contribution in [-0.4, -0.2) is 39.4 Å².